The van der Waals surface area contributed by atoms with Crippen LogP contribution in [0.25, 0.3) is 0 Å². The monoisotopic (exact) mass is 248 g/mol. The Bertz CT molecular complexity index is 456. The summed E-state index contributed by atoms with van der Waals surface area (Å²) in [5.74, 6) is -0.930. The molecule has 2 N–H and O–H groups in total. The third-order valence-corrected chi connectivity index (χ3v) is 3.23. The molecular weight excluding hydrogens is 232 g/mol. The lowest BCUT2D eigenvalue weighted by Gasteiger charge is -2.23. The molecule has 0 aromatic heterocycles. The zero-order chi connectivity index (χ0) is 13.1. The van der Waals surface area contributed by atoms with Crippen LogP contribution in [0.1, 0.15) is 23.2 Å². The highest BCUT2D eigenvalue weighted by molar-refractivity contribution is 5.94. The van der Waals surface area contributed by atoms with Gasteiger partial charge in [-0.15, -0.1) is 0 Å². The van der Waals surface area contributed by atoms with Gasteiger partial charge in [0, 0.05) is 24.8 Å². The second-order valence-electron chi connectivity index (χ2n) is 4.32. The van der Waals surface area contributed by atoms with Gasteiger partial charge in [0.15, 0.2) is 0 Å². The van der Waals surface area contributed by atoms with E-state index in [0.717, 1.165) is 18.7 Å². The van der Waals surface area contributed by atoms with Crippen LogP contribution in [0, 0.1) is 0 Å². The number of aliphatic carboxylic acids is 1. The molecule has 5 nitrogen and oxygen atoms in total. The van der Waals surface area contributed by atoms with Crippen LogP contribution in [0.5, 0.6) is 0 Å². The Morgan fingerprint density at radius 2 is 2.00 bits per heavy atom. The smallest absolute Gasteiger partial charge is 0.326 e. The maximum Gasteiger partial charge on any atom is 0.326 e. The number of rotatable bonds is 3. The van der Waals surface area contributed by atoms with E-state index in [9.17, 15) is 9.59 Å². The number of benzene rings is 1. The Hall–Kier alpha value is -2.04. The van der Waals surface area contributed by atoms with E-state index in [1.54, 1.807) is 31.3 Å². The van der Waals surface area contributed by atoms with Crippen LogP contribution in [0.15, 0.2) is 24.3 Å². The predicted octanol–water partition coefficient (Wildman–Crippen LogP) is 1.10. The SMILES string of the molecule is CNC(=O)c1ccc(N2CCC[C@H]2C(=O)O)cc1. The minimum atomic E-state index is -0.789. The van der Waals surface area contributed by atoms with Crippen LogP contribution in [0.3, 0.4) is 0 Å². The van der Waals surface area contributed by atoms with E-state index in [1.807, 2.05) is 4.90 Å². The summed E-state index contributed by atoms with van der Waals surface area (Å²) in [7, 11) is 1.58. The van der Waals surface area contributed by atoms with Crippen molar-refractivity contribution in [1.29, 1.82) is 0 Å². The fraction of sp³-hybridized carbons (Fsp3) is 0.385. The summed E-state index contributed by atoms with van der Waals surface area (Å²) in [6.07, 6.45) is 1.56. The summed E-state index contributed by atoms with van der Waals surface area (Å²) < 4.78 is 0. The van der Waals surface area contributed by atoms with Crippen molar-refractivity contribution in [2.75, 3.05) is 18.5 Å². The number of nitrogens with one attached hydrogen (secondary N) is 1. The molecule has 1 amide bonds. The number of amides is 1. The van der Waals surface area contributed by atoms with Gasteiger partial charge in [0.25, 0.3) is 5.91 Å². The minimum Gasteiger partial charge on any atom is -0.480 e. The third-order valence-electron chi connectivity index (χ3n) is 3.23. The van der Waals surface area contributed by atoms with Crippen molar-refractivity contribution in [2.24, 2.45) is 0 Å². The summed E-state index contributed by atoms with van der Waals surface area (Å²) in [5.41, 5.74) is 1.43. The van der Waals surface area contributed by atoms with Gasteiger partial charge >= 0.3 is 5.97 Å². The molecule has 0 aliphatic carbocycles. The first-order chi connectivity index (χ1) is 8.63. The lowest BCUT2D eigenvalue weighted by atomic mass is 10.1. The predicted molar refractivity (Wildman–Crippen MR) is 67.8 cm³/mol. The van der Waals surface area contributed by atoms with Crippen molar-refractivity contribution in [3.8, 4) is 0 Å². The highest BCUT2D eigenvalue weighted by Gasteiger charge is 2.30. The van der Waals surface area contributed by atoms with Crippen molar-refractivity contribution < 1.29 is 14.7 Å². The number of anilines is 1. The maximum absolute atomic E-state index is 11.4. The molecule has 1 fully saturated rings. The molecule has 5 heteroatoms. The van der Waals surface area contributed by atoms with Gasteiger partial charge in [0.1, 0.15) is 6.04 Å². The van der Waals surface area contributed by atoms with Gasteiger partial charge < -0.3 is 15.3 Å². The average molecular weight is 248 g/mol. The van der Waals surface area contributed by atoms with Crippen LogP contribution >= 0.6 is 0 Å². The van der Waals surface area contributed by atoms with E-state index < -0.39 is 12.0 Å². The molecule has 1 heterocycles. The molecule has 0 spiro atoms. The molecule has 1 aliphatic rings. The largest absolute Gasteiger partial charge is 0.480 e. The second kappa shape index (κ2) is 5.08. The molecule has 1 aromatic carbocycles. The first-order valence-corrected chi connectivity index (χ1v) is 5.95. The van der Waals surface area contributed by atoms with E-state index >= 15 is 0 Å². The molecule has 1 atom stereocenters. The summed E-state index contributed by atoms with van der Waals surface area (Å²) >= 11 is 0. The molecule has 1 saturated heterocycles. The van der Waals surface area contributed by atoms with E-state index in [4.69, 9.17) is 5.11 Å². The Labute approximate surface area is 105 Å². The Kier molecular flexibility index (Phi) is 3.50. The van der Waals surface area contributed by atoms with Crippen LogP contribution in [0.2, 0.25) is 0 Å². The van der Waals surface area contributed by atoms with E-state index in [1.165, 1.54) is 0 Å². The molecule has 1 aromatic rings. The summed E-state index contributed by atoms with van der Waals surface area (Å²) in [4.78, 5) is 24.4. The van der Waals surface area contributed by atoms with E-state index in [-0.39, 0.29) is 5.91 Å². The number of hydrogen-bond donors (Lipinski definition) is 2. The van der Waals surface area contributed by atoms with Crippen molar-refractivity contribution in [1.82, 2.24) is 5.32 Å². The molecule has 2 rings (SSSR count). The van der Waals surface area contributed by atoms with Crippen molar-refractivity contribution >= 4 is 17.6 Å². The average Bonchev–Trinajstić information content (AvgIpc) is 2.87. The zero-order valence-corrected chi connectivity index (χ0v) is 10.2. The number of carbonyl (C=O) groups excluding carboxylic acids is 1. The normalized spacial score (nSPS) is 18.7. The quantitative estimate of drug-likeness (QED) is 0.840. The standard InChI is InChI=1S/C13H16N2O3/c1-14-12(16)9-4-6-10(7-5-9)15-8-2-3-11(15)13(17)18/h4-7,11H,2-3,8H2,1H3,(H,14,16)(H,17,18)/t11-/m0/s1. The van der Waals surface area contributed by atoms with Crippen LogP contribution < -0.4 is 10.2 Å². The first kappa shape index (κ1) is 12.4. The van der Waals surface area contributed by atoms with Crippen molar-refractivity contribution in [3.05, 3.63) is 29.8 Å². The molecule has 96 valence electrons. The number of carboxylic acid groups (broad SMARTS) is 1. The minimum absolute atomic E-state index is 0.141. The highest BCUT2D eigenvalue weighted by Crippen LogP contribution is 2.25. The lowest BCUT2D eigenvalue weighted by molar-refractivity contribution is -0.138. The molecule has 0 unspecified atom stereocenters. The fourth-order valence-electron chi connectivity index (χ4n) is 2.28. The topological polar surface area (TPSA) is 69.6 Å². The Morgan fingerprint density at radius 1 is 1.33 bits per heavy atom. The Morgan fingerprint density at radius 3 is 2.56 bits per heavy atom. The molecule has 18 heavy (non-hydrogen) atoms. The molecule has 0 radical (unpaired) electrons. The number of nitrogens with zero attached hydrogens (tertiary/aromatic N) is 1. The van der Waals surface area contributed by atoms with Gasteiger partial charge in [-0.3, -0.25) is 4.79 Å². The lowest BCUT2D eigenvalue weighted by Crippen LogP contribution is -2.35. The van der Waals surface area contributed by atoms with E-state index in [2.05, 4.69) is 5.32 Å². The van der Waals surface area contributed by atoms with Gasteiger partial charge in [-0.05, 0) is 37.1 Å². The molecule has 0 bridgehead atoms. The molecular formula is C13H16N2O3. The van der Waals surface area contributed by atoms with Gasteiger partial charge in [0.2, 0.25) is 0 Å². The number of carbonyl (C=O) groups is 2. The van der Waals surface area contributed by atoms with Gasteiger partial charge in [-0.25, -0.2) is 4.79 Å². The number of hydrogen-bond acceptors (Lipinski definition) is 3. The summed E-state index contributed by atoms with van der Waals surface area (Å²) in [6, 6.07) is 6.57. The van der Waals surface area contributed by atoms with Gasteiger partial charge in [-0.2, -0.15) is 0 Å². The van der Waals surface area contributed by atoms with Crippen LogP contribution in [-0.2, 0) is 4.79 Å². The Balaban J connectivity index is 2.19. The van der Waals surface area contributed by atoms with Crippen LogP contribution in [0.4, 0.5) is 5.69 Å². The summed E-state index contributed by atoms with van der Waals surface area (Å²) in [6.45, 7) is 0.746. The van der Waals surface area contributed by atoms with Crippen molar-refractivity contribution in [3.63, 3.8) is 0 Å². The van der Waals surface area contributed by atoms with Gasteiger partial charge in [-0.1, -0.05) is 0 Å². The van der Waals surface area contributed by atoms with E-state index in [0.29, 0.717) is 12.0 Å². The second-order valence-corrected chi connectivity index (χ2v) is 4.32. The summed E-state index contributed by atoms with van der Waals surface area (Å²) in [5, 5.41) is 11.7. The fourth-order valence-corrected chi connectivity index (χ4v) is 2.28. The molecule has 1 aliphatic heterocycles. The van der Waals surface area contributed by atoms with Crippen molar-refractivity contribution in [2.45, 2.75) is 18.9 Å². The molecule has 0 saturated carbocycles. The zero-order valence-electron chi connectivity index (χ0n) is 10.2. The number of carboxylic acids is 1. The third kappa shape index (κ3) is 2.30. The maximum atomic E-state index is 11.4. The highest BCUT2D eigenvalue weighted by atomic mass is 16.4. The van der Waals surface area contributed by atoms with Crippen LogP contribution in [-0.4, -0.2) is 36.6 Å². The van der Waals surface area contributed by atoms with Gasteiger partial charge in [0.05, 0.1) is 0 Å². The first-order valence-electron chi connectivity index (χ1n) is 5.95.